The molecule has 0 aliphatic carbocycles. The topological polar surface area (TPSA) is 47.6 Å². The van der Waals surface area contributed by atoms with E-state index in [2.05, 4.69) is 4.99 Å². The molecule has 0 fully saturated rings. The number of nitrogens with zero attached hydrogens (tertiary/aromatic N) is 1. The molecule has 2 N–H and O–H groups in total. The molecule has 12 heavy (non-hydrogen) atoms. The van der Waals surface area contributed by atoms with Gasteiger partial charge in [0.15, 0.2) is 0 Å². The largest absolute Gasteiger partial charge is 0.387 e. The van der Waals surface area contributed by atoms with Gasteiger partial charge in [-0.15, -0.1) is 0 Å². The normalized spacial score (nSPS) is 16.2. The minimum atomic E-state index is -0.0397. The maximum absolute atomic E-state index is 5.78. The summed E-state index contributed by atoms with van der Waals surface area (Å²) in [6, 6.07) is 0.147. The highest BCUT2D eigenvalue weighted by molar-refractivity contribution is 5.85. The molecule has 0 radical (unpaired) electrons. The molecule has 1 atom stereocenters. The first kappa shape index (κ1) is 11.4. The zero-order chi connectivity index (χ0) is 9.78. The van der Waals surface area contributed by atoms with E-state index in [0.717, 1.165) is 0 Å². The van der Waals surface area contributed by atoms with Gasteiger partial charge in [0.05, 0.1) is 18.5 Å². The van der Waals surface area contributed by atoms with Crippen LogP contribution in [-0.4, -0.2) is 25.6 Å². The summed E-state index contributed by atoms with van der Waals surface area (Å²) in [5.41, 5.74) is 5.74. The third kappa shape index (κ3) is 4.34. The number of amidine groups is 1. The van der Waals surface area contributed by atoms with E-state index in [1.807, 2.05) is 27.7 Å². The van der Waals surface area contributed by atoms with Gasteiger partial charge < -0.3 is 10.5 Å². The summed E-state index contributed by atoms with van der Waals surface area (Å²) in [6.07, 6.45) is 0. The molecule has 3 nitrogen and oxygen atoms in total. The van der Waals surface area contributed by atoms with Crippen LogP contribution in [0.5, 0.6) is 0 Å². The lowest BCUT2D eigenvalue weighted by Gasteiger charge is -2.19. The quantitative estimate of drug-likeness (QED) is 0.517. The molecule has 3 heteroatoms. The van der Waals surface area contributed by atoms with E-state index in [1.54, 1.807) is 7.11 Å². The van der Waals surface area contributed by atoms with Crippen LogP contribution in [0.3, 0.4) is 0 Å². The smallest absolute Gasteiger partial charge is 0.0995 e. The minimum absolute atomic E-state index is 0.0397. The molecular formula is C9H20N2O. The number of methoxy groups -OCH3 is 1. The maximum atomic E-state index is 5.78. The van der Waals surface area contributed by atoms with Crippen LogP contribution in [0.25, 0.3) is 0 Å². The van der Waals surface area contributed by atoms with E-state index < -0.39 is 0 Å². The average Bonchev–Trinajstić information content (AvgIpc) is 1.85. The molecule has 0 amide bonds. The molecule has 0 saturated carbocycles. The number of aliphatic imine (C=N–C) groups is 1. The Kier molecular flexibility index (Phi) is 4.24. The lowest BCUT2D eigenvalue weighted by Crippen LogP contribution is -2.31. The first-order valence-electron chi connectivity index (χ1n) is 4.20. The lowest BCUT2D eigenvalue weighted by molar-refractivity contribution is 0.185. The van der Waals surface area contributed by atoms with Crippen molar-refractivity contribution in [3.63, 3.8) is 0 Å². The molecule has 0 aromatic heterocycles. The lowest BCUT2D eigenvalue weighted by atomic mass is 9.95. The summed E-state index contributed by atoms with van der Waals surface area (Å²) in [5, 5.41) is 0. The van der Waals surface area contributed by atoms with Crippen molar-refractivity contribution in [2.75, 3.05) is 13.7 Å². The van der Waals surface area contributed by atoms with Crippen molar-refractivity contribution in [3.8, 4) is 0 Å². The van der Waals surface area contributed by atoms with Crippen molar-refractivity contribution in [1.82, 2.24) is 0 Å². The molecule has 0 saturated heterocycles. The molecule has 0 aromatic rings. The van der Waals surface area contributed by atoms with Crippen LogP contribution in [-0.2, 0) is 4.74 Å². The minimum Gasteiger partial charge on any atom is -0.387 e. The van der Waals surface area contributed by atoms with E-state index in [1.165, 1.54) is 0 Å². The Balaban J connectivity index is 4.16. The third-order valence-corrected chi connectivity index (χ3v) is 1.54. The number of rotatable bonds is 3. The van der Waals surface area contributed by atoms with Crippen LogP contribution in [0.15, 0.2) is 4.99 Å². The highest BCUT2D eigenvalue weighted by atomic mass is 16.5. The molecule has 0 heterocycles. The first-order valence-corrected chi connectivity index (χ1v) is 4.20. The maximum Gasteiger partial charge on any atom is 0.0995 e. The molecule has 72 valence electrons. The number of hydrogen-bond donors (Lipinski definition) is 1. The Morgan fingerprint density at radius 3 is 2.33 bits per heavy atom. The number of ether oxygens (including phenoxy) is 1. The summed E-state index contributed by atoms with van der Waals surface area (Å²) in [7, 11) is 1.67. The Labute approximate surface area is 75.0 Å². The molecule has 0 bridgehead atoms. The van der Waals surface area contributed by atoms with Crippen LogP contribution in [0, 0.1) is 5.41 Å². The van der Waals surface area contributed by atoms with Crippen molar-refractivity contribution in [2.24, 2.45) is 16.1 Å². The van der Waals surface area contributed by atoms with Crippen LogP contribution in [0.1, 0.15) is 27.7 Å². The molecule has 0 spiro atoms. The highest BCUT2D eigenvalue weighted by Gasteiger charge is 2.15. The molecule has 0 aromatic carbocycles. The second kappa shape index (κ2) is 4.45. The van der Waals surface area contributed by atoms with Crippen LogP contribution in [0.2, 0.25) is 0 Å². The van der Waals surface area contributed by atoms with E-state index in [9.17, 15) is 0 Å². The zero-order valence-electron chi connectivity index (χ0n) is 8.72. The van der Waals surface area contributed by atoms with Gasteiger partial charge in [0, 0.05) is 12.5 Å². The zero-order valence-corrected chi connectivity index (χ0v) is 8.72. The van der Waals surface area contributed by atoms with Crippen molar-refractivity contribution in [2.45, 2.75) is 33.7 Å². The molecular weight excluding hydrogens is 152 g/mol. The SMILES string of the molecule is COCC(C)N=C(N)C(C)(C)C. The fourth-order valence-corrected chi connectivity index (χ4v) is 0.710. The third-order valence-electron chi connectivity index (χ3n) is 1.54. The summed E-state index contributed by atoms with van der Waals surface area (Å²) < 4.78 is 4.95. The van der Waals surface area contributed by atoms with E-state index in [0.29, 0.717) is 12.4 Å². The van der Waals surface area contributed by atoms with Crippen LogP contribution >= 0.6 is 0 Å². The predicted octanol–water partition coefficient (Wildman–Crippen LogP) is 1.42. The number of nitrogens with two attached hydrogens (primary N) is 1. The summed E-state index contributed by atoms with van der Waals surface area (Å²) in [5.74, 6) is 0.687. The van der Waals surface area contributed by atoms with Crippen molar-refractivity contribution < 1.29 is 4.74 Å². The number of hydrogen-bond acceptors (Lipinski definition) is 2. The predicted molar refractivity (Wildman–Crippen MR) is 52.4 cm³/mol. The van der Waals surface area contributed by atoms with Crippen molar-refractivity contribution >= 4 is 5.84 Å². The van der Waals surface area contributed by atoms with Crippen LogP contribution in [0.4, 0.5) is 0 Å². The second-order valence-corrected chi connectivity index (χ2v) is 4.07. The van der Waals surface area contributed by atoms with E-state index in [4.69, 9.17) is 10.5 Å². The van der Waals surface area contributed by atoms with Gasteiger partial charge in [0.2, 0.25) is 0 Å². The fraction of sp³-hybridized carbons (Fsp3) is 0.889. The van der Waals surface area contributed by atoms with Crippen molar-refractivity contribution in [1.29, 1.82) is 0 Å². The summed E-state index contributed by atoms with van der Waals surface area (Å²) in [4.78, 5) is 4.31. The van der Waals surface area contributed by atoms with Gasteiger partial charge >= 0.3 is 0 Å². The highest BCUT2D eigenvalue weighted by Crippen LogP contribution is 2.13. The monoisotopic (exact) mass is 172 g/mol. The van der Waals surface area contributed by atoms with Gasteiger partial charge in [-0.25, -0.2) is 0 Å². The van der Waals surface area contributed by atoms with Gasteiger partial charge in [-0.05, 0) is 6.92 Å². The molecule has 0 aliphatic rings. The summed E-state index contributed by atoms with van der Waals surface area (Å²) in [6.45, 7) is 8.75. The Hall–Kier alpha value is -0.570. The molecule has 1 unspecified atom stereocenters. The summed E-state index contributed by atoms with van der Waals surface area (Å²) >= 11 is 0. The second-order valence-electron chi connectivity index (χ2n) is 4.07. The molecule has 0 aliphatic heterocycles. The Bertz CT molecular complexity index is 158. The van der Waals surface area contributed by atoms with E-state index in [-0.39, 0.29) is 11.5 Å². The van der Waals surface area contributed by atoms with E-state index >= 15 is 0 Å². The fourth-order valence-electron chi connectivity index (χ4n) is 0.710. The van der Waals surface area contributed by atoms with Crippen LogP contribution < -0.4 is 5.73 Å². The first-order chi connectivity index (χ1) is 5.38. The standard InChI is InChI=1S/C9H20N2O/c1-7(6-12-5)11-8(10)9(2,3)4/h7H,6H2,1-5H3,(H2,10,11). The van der Waals surface area contributed by atoms with Crippen molar-refractivity contribution in [3.05, 3.63) is 0 Å². The average molecular weight is 172 g/mol. The van der Waals surface area contributed by atoms with Gasteiger partial charge in [-0.1, -0.05) is 20.8 Å². The van der Waals surface area contributed by atoms with Gasteiger partial charge in [-0.2, -0.15) is 0 Å². The Morgan fingerprint density at radius 2 is 2.00 bits per heavy atom. The Morgan fingerprint density at radius 1 is 1.50 bits per heavy atom. The van der Waals surface area contributed by atoms with Gasteiger partial charge in [0.25, 0.3) is 0 Å². The molecule has 0 rings (SSSR count). The van der Waals surface area contributed by atoms with Gasteiger partial charge in [0.1, 0.15) is 0 Å². The van der Waals surface area contributed by atoms with Gasteiger partial charge in [-0.3, -0.25) is 4.99 Å².